The average Bonchev–Trinajstić information content (AvgIpc) is 2.88. The second-order valence-electron chi connectivity index (χ2n) is 10.8. The summed E-state index contributed by atoms with van der Waals surface area (Å²) in [5, 5.41) is 15.7. The predicted octanol–water partition coefficient (Wildman–Crippen LogP) is 4.93. The smallest absolute Gasteiger partial charge is 0.315 e. The summed E-state index contributed by atoms with van der Waals surface area (Å²) in [7, 11) is 3.51. The van der Waals surface area contributed by atoms with Gasteiger partial charge in [0.15, 0.2) is 11.6 Å². The lowest BCUT2D eigenvalue weighted by molar-refractivity contribution is -0.0956. The van der Waals surface area contributed by atoms with Crippen molar-refractivity contribution in [3.05, 3.63) is 35.4 Å². The molecule has 4 atom stereocenters. The molecule has 0 bridgehead atoms. The number of nitrogens with zero attached hydrogens (tertiary/aromatic N) is 1. The van der Waals surface area contributed by atoms with E-state index in [2.05, 4.69) is 5.32 Å². The van der Waals surface area contributed by atoms with Gasteiger partial charge in [-0.25, -0.2) is 13.6 Å². The van der Waals surface area contributed by atoms with Gasteiger partial charge < -0.3 is 25.8 Å². The number of urea groups is 1. The van der Waals surface area contributed by atoms with Crippen molar-refractivity contribution < 1.29 is 23.4 Å². The van der Waals surface area contributed by atoms with E-state index in [1.54, 1.807) is 12.0 Å². The summed E-state index contributed by atoms with van der Waals surface area (Å²) in [5.74, 6) is -1.87. The van der Waals surface area contributed by atoms with Gasteiger partial charge in [-0.15, -0.1) is 0 Å². The standard InChI is InChI=1S/C28H45F2N3O3/c1-32-19-21(18-20-10-4-3-5-11-20)26-23(13-9-16-33(26)27(31)34)28(35,15-6-7-17-36-2)22-12-8-14-24(29)25(22)30/h8,12,14,20-21,23,26,32,35H,3-7,9-11,13,15-19H2,1-2H3,(H2,31,34)/t21-,23?,26?,28+/m0/s1. The SMILES string of the molecule is CNC[C@H](CC1CCCCC1)C1C([C@@](O)(CCCCOC)c2cccc(F)c2F)CCCN1C(N)=O. The molecule has 1 saturated carbocycles. The quantitative estimate of drug-likeness (QED) is 0.349. The Bertz CT molecular complexity index is 836. The first kappa shape index (κ1) is 28.8. The van der Waals surface area contributed by atoms with Crippen molar-refractivity contribution in [3.63, 3.8) is 0 Å². The van der Waals surface area contributed by atoms with Crippen molar-refractivity contribution in [1.29, 1.82) is 0 Å². The maximum atomic E-state index is 15.3. The fourth-order valence-electron chi connectivity index (χ4n) is 6.84. The number of benzene rings is 1. The number of likely N-dealkylation sites (tertiary alicyclic amines) is 1. The van der Waals surface area contributed by atoms with Crippen LogP contribution in [0, 0.1) is 29.4 Å². The van der Waals surface area contributed by atoms with E-state index in [9.17, 15) is 14.3 Å². The van der Waals surface area contributed by atoms with E-state index in [0.29, 0.717) is 51.3 Å². The minimum absolute atomic E-state index is 0.0258. The van der Waals surface area contributed by atoms with Crippen LogP contribution in [0.15, 0.2) is 18.2 Å². The molecule has 2 fully saturated rings. The Hall–Kier alpha value is -1.77. The zero-order chi connectivity index (χ0) is 26.1. The molecule has 1 aliphatic carbocycles. The second-order valence-corrected chi connectivity index (χ2v) is 10.8. The number of nitrogens with two attached hydrogens (primary N) is 1. The number of carbonyl (C=O) groups is 1. The van der Waals surface area contributed by atoms with Crippen LogP contribution >= 0.6 is 0 Å². The number of primary amides is 1. The maximum absolute atomic E-state index is 15.3. The Morgan fingerprint density at radius 3 is 2.64 bits per heavy atom. The summed E-state index contributed by atoms with van der Waals surface area (Å²) in [6, 6.07) is 3.12. The van der Waals surface area contributed by atoms with E-state index in [4.69, 9.17) is 10.5 Å². The summed E-state index contributed by atoms with van der Waals surface area (Å²) in [4.78, 5) is 14.4. The van der Waals surface area contributed by atoms with Gasteiger partial charge in [-0.3, -0.25) is 0 Å². The molecule has 6 nitrogen and oxygen atoms in total. The van der Waals surface area contributed by atoms with Gasteiger partial charge in [0.1, 0.15) is 0 Å². The molecule has 1 aliphatic heterocycles. The molecule has 0 aromatic heterocycles. The highest BCUT2D eigenvalue weighted by atomic mass is 19.2. The van der Waals surface area contributed by atoms with E-state index in [-0.39, 0.29) is 23.9 Å². The van der Waals surface area contributed by atoms with E-state index < -0.39 is 29.2 Å². The highest BCUT2D eigenvalue weighted by Gasteiger charge is 2.50. The molecule has 36 heavy (non-hydrogen) atoms. The second kappa shape index (κ2) is 13.7. The number of hydrogen-bond acceptors (Lipinski definition) is 4. The van der Waals surface area contributed by atoms with E-state index >= 15 is 4.39 Å². The number of unbranched alkanes of at least 4 members (excludes halogenated alkanes) is 1. The predicted molar refractivity (Wildman–Crippen MR) is 137 cm³/mol. The van der Waals surface area contributed by atoms with Crippen LogP contribution in [0.1, 0.15) is 76.2 Å². The van der Waals surface area contributed by atoms with Gasteiger partial charge in [0.2, 0.25) is 0 Å². The molecule has 0 radical (unpaired) electrons. The average molecular weight is 510 g/mol. The summed E-state index contributed by atoms with van der Waals surface area (Å²) in [5.41, 5.74) is 4.23. The number of amides is 2. The number of methoxy groups -OCH3 is 1. The van der Waals surface area contributed by atoms with Crippen LogP contribution in [0.5, 0.6) is 0 Å². The van der Waals surface area contributed by atoms with E-state index in [1.807, 2.05) is 7.05 Å². The number of hydrogen-bond donors (Lipinski definition) is 3. The van der Waals surface area contributed by atoms with Crippen LogP contribution in [0.4, 0.5) is 13.6 Å². The van der Waals surface area contributed by atoms with Crippen LogP contribution in [0.2, 0.25) is 0 Å². The topological polar surface area (TPSA) is 87.8 Å². The molecule has 4 N–H and O–H groups in total. The molecule has 1 heterocycles. The molecule has 2 amide bonds. The molecular formula is C28H45F2N3O3. The van der Waals surface area contributed by atoms with Crippen molar-refractivity contribution in [2.45, 2.75) is 82.3 Å². The van der Waals surface area contributed by atoms with Gasteiger partial charge in [0.05, 0.1) is 5.60 Å². The molecule has 0 spiro atoms. The van der Waals surface area contributed by atoms with Crippen LogP contribution < -0.4 is 11.1 Å². The Labute approximate surface area is 214 Å². The molecule has 1 aromatic carbocycles. The third kappa shape index (κ3) is 6.75. The number of carbonyl (C=O) groups excluding carboxylic acids is 1. The Balaban J connectivity index is 2.04. The number of aliphatic hydroxyl groups is 1. The zero-order valence-corrected chi connectivity index (χ0v) is 22.0. The van der Waals surface area contributed by atoms with Gasteiger partial charge in [-0.2, -0.15) is 0 Å². The Morgan fingerprint density at radius 2 is 1.97 bits per heavy atom. The molecule has 1 aromatic rings. The van der Waals surface area contributed by atoms with Gasteiger partial charge >= 0.3 is 6.03 Å². The molecule has 2 aliphatic rings. The van der Waals surface area contributed by atoms with Gasteiger partial charge in [-0.1, -0.05) is 44.2 Å². The minimum Gasteiger partial charge on any atom is -0.385 e. The van der Waals surface area contributed by atoms with Crippen LogP contribution in [0.25, 0.3) is 0 Å². The number of piperidine rings is 1. The summed E-state index contributed by atoms with van der Waals surface area (Å²) >= 11 is 0. The largest absolute Gasteiger partial charge is 0.385 e. The van der Waals surface area contributed by atoms with Crippen molar-refractivity contribution in [1.82, 2.24) is 10.2 Å². The molecule has 8 heteroatoms. The molecule has 2 unspecified atom stereocenters. The van der Waals surface area contributed by atoms with Crippen LogP contribution in [-0.4, -0.2) is 55.9 Å². The maximum Gasteiger partial charge on any atom is 0.315 e. The minimum atomic E-state index is -1.64. The van der Waals surface area contributed by atoms with Crippen molar-refractivity contribution in [2.75, 3.05) is 33.9 Å². The first-order valence-corrected chi connectivity index (χ1v) is 13.7. The fourth-order valence-corrected chi connectivity index (χ4v) is 6.84. The summed E-state index contributed by atoms with van der Waals surface area (Å²) in [6.07, 6.45) is 9.69. The molecule has 1 saturated heterocycles. The fraction of sp³-hybridized carbons (Fsp3) is 0.750. The molecule has 204 valence electrons. The number of ether oxygens (including phenoxy) is 1. The first-order valence-electron chi connectivity index (χ1n) is 13.7. The monoisotopic (exact) mass is 509 g/mol. The normalized spacial score (nSPS) is 23.9. The highest BCUT2D eigenvalue weighted by molar-refractivity contribution is 5.72. The molecule has 3 rings (SSSR count). The lowest BCUT2D eigenvalue weighted by Gasteiger charge is -2.51. The van der Waals surface area contributed by atoms with Crippen LogP contribution in [0.3, 0.4) is 0 Å². The lowest BCUT2D eigenvalue weighted by Crippen LogP contribution is -2.60. The Morgan fingerprint density at radius 1 is 1.22 bits per heavy atom. The van der Waals surface area contributed by atoms with Crippen molar-refractivity contribution >= 4 is 6.03 Å². The van der Waals surface area contributed by atoms with Crippen molar-refractivity contribution in [2.24, 2.45) is 23.5 Å². The number of rotatable bonds is 12. The van der Waals surface area contributed by atoms with Crippen molar-refractivity contribution in [3.8, 4) is 0 Å². The number of nitrogens with one attached hydrogen (secondary N) is 1. The van der Waals surface area contributed by atoms with E-state index in [1.165, 1.54) is 31.4 Å². The lowest BCUT2D eigenvalue weighted by atomic mass is 9.65. The molecular weight excluding hydrogens is 464 g/mol. The third-order valence-electron chi connectivity index (χ3n) is 8.47. The Kier molecular flexibility index (Phi) is 10.9. The number of halogens is 2. The van der Waals surface area contributed by atoms with Gasteiger partial charge in [-0.05, 0) is 70.0 Å². The third-order valence-corrected chi connectivity index (χ3v) is 8.47. The van der Waals surface area contributed by atoms with Gasteiger partial charge in [0, 0.05) is 37.8 Å². The first-order chi connectivity index (χ1) is 17.3. The van der Waals surface area contributed by atoms with E-state index in [0.717, 1.165) is 25.3 Å². The summed E-state index contributed by atoms with van der Waals surface area (Å²) in [6.45, 7) is 1.69. The van der Waals surface area contributed by atoms with Crippen LogP contribution in [-0.2, 0) is 10.3 Å². The highest BCUT2D eigenvalue weighted by Crippen LogP contribution is 2.47. The summed E-state index contributed by atoms with van der Waals surface area (Å²) < 4.78 is 34.8. The zero-order valence-electron chi connectivity index (χ0n) is 22.0. The van der Waals surface area contributed by atoms with Gasteiger partial charge in [0.25, 0.3) is 0 Å².